The molecule has 33 heavy (non-hydrogen) atoms. The second-order valence-corrected chi connectivity index (χ2v) is 9.65. The first-order chi connectivity index (χ1) is 15.9. The Morgan fingerprint density at radius 2 is 1.82 bits per heavy atom. The summed E-state index contributed by atoms with van der Waals surface area (Å²) in [5.41, 5.74) is 2.88. The molecule has 1 amide bonds. The zero-order chi connectivity index (χ0) is 23.3. The summed E-state index contributed by atoms with van der Waals surface area (Å²) < 4.78 is 16.1. The van der Waals surface area contributed by atoms with Gasteiger partial charge in [-0.2, -0.15) is 13.9 Å². The molecule has 1 aliphatic heterocycles. The zero-order valence-electron chi connectivity index (χ0n) is 17.7. The van der Waals surface area contributed by atoms with E-state index in [9.17, 15) is 19.8 Å². The van der Waals surface area contributed by atoms with Gasteiger partial charge in [0.25, 0.3) is 5.69 Å². The van der Waals surface area contributed by atoms with Gasteiger partial charge in [-0.1, -0.05) is 17.3 Å². The summed E-state index contributed by atoms with van der Waals surface area (Å²) in [6, 6.07) is 13.1. The van der Waals surface area contributed by atoms with Crippen LogP contribution in [0.3, 0.4) is 0 Å². The molecule has 1 aliphatic rings. The first kappa shape index (κ1) is 23.0. The number of nitro groups is 1. The third kappa shape index (κ3) is 6.00. The number of benzene rings is 2. The molecule has 10 nitrogen and oxygen atoms in total. The van der Waals surface area contributed by atoms with Crippen LogP contribution in [-0.4, -0.2) is 34.1 Å². The maximum absolute atomic E-state index is 12.4. The second-order valence-electron chi connectivity index (χ2n) is 7.54. The van der Waals surface area contributed by atoms with E-state index < -0.39 is 12.9 Å². The molecular weight excluding hydrogens is 449 g/mol. The Kier molecular flexibility index (Phi) is 7.10. The molecule has 0 unspecified atom stereocenters. The van der Waals surface area contributed by atoms with Gasteiger partial charge in [0.1, 0.15) is 0 Å². The number of amides is 1. The monoisotopic (exact) mass is 472 g/mol. The summed E-state index contributed by atoms with van der Waals surface area (Å²) >= 11 is 0. The highest BCUT2D eigenvalue weighted by Gasteiger charge is 2.43. The van der Waals surface area contributed by atoms with Gasteiger partial charge in [-0.25, -0.2) is 0 Å². The standard InChI is InChI=1S/C22H22N3O7P/c26-21(24-19-7-2-16(3-8-19)15-33(29)30-12-1-13-31-33)11-6-18-14-23-32-22(18)17-4-9-20(10-5-17)25(27)28/h2-5,7-10,14,29H,1,6,11-13,15H2/p+1. The topological polar surface area (TPSA) is 137 Å². The van der Waals surface area contributed by atoms with Crippen LogP contribution in [0.5, 0.6) is 0 Å². The van der Waals surface area contributed by atoms with E-state index >= 15 is 0 Å². The molecule has 172 valence electrons. The molecule has 3 aromatic rings. The summed E-state index contributed by atoms with van der Waals surface area (Å²) in [7, 11) is -2.84. The van der Waals surface area contributed by atoms with Gasteiger partial charge in [-0.3, -0.25) is 14.9 Å². The Balaban J connectivity index is 1.31. The minimum atomic E-state index is -2.84. The highest BCUT2D eigenvalue weighted by atomic mass is 31.2. The lowest BCUT2D eigenvalue weighted by molar-refractivity contribution is -0.384. The van der Waals surface area contributed by atoms with E-state index in [2.05, 4.69) is 10.5 Å². The third-order valence-electron chi connectivity index (χ3n) is 5.10. The molecule has 0 spiro atoms. The molecule has 2 aromatic carbocycles. The number of hydrogen-bond donors (Lipinski definition) is 2. The highest BCUT2D eigenvalue weighted by Crippen LogP contribution is 2.61. The number of aromatic nitrogens is 1. The predicted molar refractivity (Wildman–Crippen MR) is 121 cm³/mol. The maximum Gasteiger partial charge on any atom is 0.413 e. The average molecular weight is 472 g/mol. The van der Waals surface area contributed by atoms with Gasteiger partial charge in [-0.05, 0) is 36.2 Å². The normalized spacial score (nSPS) is 15.2. The van der Waals surface area contributed by atoms with Crippen LogP contribution < -0.4 is 5.32 Å². The number of aryl methyl sites for hydroxylation is 1. The predicted octanol–water partition coefficient (Wildman–Crippen LogP) is 4.51. The number of carbonyl (C=O) groups is 1. The van der Waals surface area contributed by atoms with Crippen molar-refractivity contribution in [3.8, 4) is 11.3 Å². The van der Waals surface area contributed by atoms with E-state index in [4.69, 9.17) is 13.6 Å². The van der Waals surface area contributed by atoms with Gasteiger partial charge in [-0.15, -0.1) is 0 Å². The zero-order valence-corrected chi connectivity index (χ0v) is 18.6. The van der Waals surface area contributed by atoms with Gasteiger partial charge in [0, 0.05) is 41.8 Å². The number of anilines is 1. The lowest BCUT2D eigenvalue weighted by atomic mass is 10.0. The van der Waals surface area contributed by atoms with Crippen LogP contribution in [0.2, 0.25) is 0 Å². The van der Waals surface area contributed by atoms with Gasteiger partial charge >= 0.3 is 7.94 Å². The van der Waals surface area contributed by atoms with Crippen molar-refractivity contribution >= 4 is 25.2 Å². The average Bonchev–Trinajstić information content (AvgIpc) is 3.28. The SMILES string of the molecule is O=C(CCc1cnoc1-c1ccc([N+](=O)[O-])cc1)Nc1ccc(C[P+]2(O)OCCCO2)cc1. The maximum atomic E-state index is 12.4. The van der Waals surface area contributed by atoms with Crippen molar-refractivity contribution < 1.29 is 28.2 Å². The Morgan fingerprint density at radius 1 is 1.12 bits per heavy atom. The van der Waals surface area contributed by atoms with Crippen molar-refractivity contribution in [3.05, 3.63) is 76.0 Å². The Bertz CT molecular complexity index is 1110. The van der Waals surface area contributed by atoms with Crippen molar-refractivity contribution in [1.29, 1.82) is 0 Å². The molecule has 1 saturated heterocycles. The fourth-order valence-corrected chi connectivity index (χ4v) is 5.17. The van der Waals surface area contributed by atoms with E-state index in [0.717, 1.165) is 17.5 Å². The van der Waals surface area contributed by atoms with Gasteiger partial charge in [0.2, 0.25) is 5.91 Å². The smallest absolute Gasteiger partial charge is 0.356 e. The summed E-state index contributed by atoms with van der Waals surface area (Å²) in [4.78, 5) is 33.2. The molecule has 1 aromatic heterocycles. The number of carbonyl (C=O) groups excluding carboxylic acids is 1. The lowest BCUT2D eigenvalue weighted by Crippen LogP contribution is -2.14. The number of non-ortho nitro benzene ring substituents is 1. The van der Waals surface area contributed by atoms with Gasteiger partial charge in [0.15, 0.2) is 11.9 Å². The minimum Gasteiger partial charge on any atom is -0.356 e. The van der Waals surface area contributed by atoms with Crippen molar-refractivity contribution in [1.82, 2.24) is 5.16 Å². The molecule has 11 heteroatoms. The molecule has 0 bridgehead atoms. The summed E-state index contributed by atoms with van der Waals surface area (Å²) in [6.07, 6.45) is 3.22. The molecule has 0 radical (unpaired) electrons. The van der Waals surface area contributed by atoms with Crippen LogP contribution in [0.15, 0.2) is 59.3 Å². The Hall–Kier alpha value is -3.17. The van der Waals surface area contributed by atoms with Crippen LogP contribution >= 0.6 is 7.94 Å². The summed E-state index contributed by atoms with van der Waals surface area (Å²) in [6.45, 7) is 0.993. The second kappa shape index (κ2) is 10.2. The van der Waals surface area contributed by atoms with E-state index in [0.29, 0.717) is 42.8 Å². The van der Waals surface area contributed by atoms with E-state index in [-0.39, 0.29) is 18.0 Å². The van der Waals surface area contributed by atoms with Crippen molar-refractivity contribution in [2.24, 2.45) is 0 Å². The first-order valence-corrected chi connectivity index (χ1v) is 12.2. The molecule has 2 heterocycles. The number of nitro benzene ring substituents is 1. The molecule has 4 rings (SSSR count). The molecule has 1 fully saturated rings. The first-order valence-electron chi connectivity index (χ1n) is 10.4. The fraction of sp³-hybridized carbons (Fsp3) is 0.273. The Labute approximate surface area is 190 Å². The summed E-state index contributed by atoms with van der Waals surface area (Å²) in [5, 5.41) is 17.5. The van der Waals surface area contributed by atoms with E-state index in [1.807, 2.05) is 12.1 Å². The number of rotatable bonds is 8. The van der Waals surface area contributed by atoms with Crippen molar-refractivity contribution in [2.75, 3.05) is 18.5 Å². The van der Waals surface area contributed by atoms with Crippen LogP contribution in [0.4, 0.5) is 11.4 Å². The molecule has 0 atom stereocenters. The van der Waals surface area contributed by atoms with Crippen LogP contribution in [0.1, 0.15) is 24.0 Å². The van der Waals surface area contributed by atoms with E-state index in [1.165, 1.54) is 12.1 Å². The minimum absolute atomic E-state index is 0.0139. The van der Waals surface area contributed by atoms with Crippen molar-refractivity contribution in [2.45, 2.75) is 25.4 Å². The lowest BCUT2D eigenvalue weighted by Gasteiger charge is -2.21. The molecule has 2 N–H and O–H groups in total. The largest absolute Gasteiger partial charge is 0.413 e. The molecule has 0 aliphatic carbocycles. The van der Waals surface area contributed by atoms with Crippen molar-refractivity contribution in [3.63, 3.8) is 0 Å². The van der Waals surface area contributed by atoms with Crippen LogP contribution in [-0.2, 0) is 26.4 Å². The number of nitrogens with one attached hydrogen (secondary N) is 1. The summed E-state index contributed by atoms with van der Waals surface area (Å²) in [5.74, 6) is 0.305. The molecular formula is C22H23N3O7P+. The van der Waals surface area contributed by atoms with Gasteiger partial charge < -0.3 is 9.84 Å². The quantitative estimate of drug-likeness (QED) is 0.277. The highest BCUT2D eigenvalue weighted by molar-refractivity contribution is 7.59. The third-order valence-corrected chi connectivity index (χ3v) is 7.04. The van der Waals surface area contributed by atoms with Crippen LogP contribution in [0.25, 0.3) is 11.3 Å². The van der Waals surface area contributed by atoms with E-state index in [1.54, 1.807) is 30.5 Å². The number of hydrogen-bond acceptors (Lipinski definition) is 8. The Morgan fingerprint density at radius 3 is 2.48 bits per heavy atom. The van der Waals surface area contributed by atoms with Gasteiger partial charge in [0.05, 0.1) is 24.3 Å². The molecule has 0 saturated carbocycles. The fourth-order valence-electron chi connectivity index (χ4n) is 3.41. The van der Waals surface area contributed by atoms with Crippen LogP contribution in [0, 0.1) is 10.1 Å². The number of nitrogens with zero attached hydrogens (tertiary/aromatic N) is 2.